The number of anilines is 1. The Kier molecular flexibility index (Phi) is 10.3. The SMILES string of the molecule is CCCc1cc(C(O)(C(F)(F)F)C(F)(F)F)ccc1NC(=O)CCCN1C(=O)NC(CC)(c2ccc(OC(C)C)cc2)C1=O. The van der Waals surface area contributed by atoms with E-state index in [1.54, 1.807) is 38.1 Å². The molecule has 242 valence electrons. The molecule has 1 unspecified atom stereocenters. The third kappa shape index (κ3) is 6.79. The lowest BCUT2D eigenvalue weighted by Gasteiger charge is -2.33. The van der Waals surface area contributed by atoms with E-state index in [9.17, 15) is 45.8 Å². The van der Waals surface area contributed by atoms with E-state index >= 15 is 0 Å². The van der Waals surface area contributed by atoms with Gasteiger partial charge in [-0.3, -0.25) is 14.5 Å². The number of carbonyl (C=O) groups is 3. The number of hydrogen-bond donors (Lipinski definition) is 3. The topological polar surface area (TPSA) is 108 Å². The van der Waals surface area contributed by atoms with Crippen LogP contribution in [0.3, 0.4) is 0 Å². The predicted molar refractivity (Wildman–Crippen MR) is 149 cm³/mol. The fraction of sp³-hybridized carbons (Fsp3) is 0.500. The molecule has 44 heavy (non-hydrogen) atoms. The van der Waals surface area contributed by atoms with Gasteiger partial charge < -0.3 is 20.5 Å². The molecule has 1 aliphatic rings. The maximum Gasteiger partial charge on any atom is 0.430 e. The number of aliphatic hydroxyl groups is 1. The van der Waals surface area contributed by atoms with Crippen LogP contribution in [0, 0.1) is 0 Å². The van der Waals surface area contributed by atoms with Crippen molar-refractivity contribution in [3.05, 3.63) is 59.2 Å². The van der Waals surface area contributed by atoms with E-state index in [1.807, 2.05) is 13.8 Å². The number of ether oxygens (including phenoxy) is 1. The van der Waals surface area contributed by atoms with Crippen LogP contribution in [0.4, 0.5) is 36.8 Å². The van der Waals surface area contributed by atoms with Gasteiger partial charge in [0.1, 0.15) is 11.3 Å². The summed E-state index contributed by atoms with van der Waals surface area (Å²) in [5, 5.41) is 15.0. The highest BCUT2D eigenvalue weighted by Gasteiger charge is 2.71. The fourth-order valence-corrected chi connectivity index (χ4v) is 5.07. The number of nitrogens with one attached hydrogen (secondary N) is 2. The van der Waals surface area contributed by atoms with Crippen molar-refractivity contribution in [2.45, 2.75) is 89.4 Å². The minimum absolute atomic E-state index is 0.0153. The number of urea groups is 1. The molecule has 1 atom stereocenters. The van der Waals surface area contributed by atoms with Crippen LogP contribution in [0.15, 0.2) is 42.5 Å². The van der Waals surface area contributed by atoms with E-state index < -0.39 is 46.9 Å². The Bertz CT molecular complexity index is 1350. The van der Waals surface area contributed by atoms with Crippen LogP contribution in [0.2, 0.25) is 0 Å². The quantitative estimate of drug-likeness (QED) is 0.188. The number of hydrogen-bond acceptors (Lipinski definition) is 5. The number of alkyl halides is 6. The minimum atomic E-state index is -6.04. The number of halogens is 6. The fourth-order valence-electron chi connectivity index (χ4n) is 5.07. The van der Waals surface area contributed by atoms with Gasteiger partial charge in [0.05, 0.1) is 6.10 Å². The van der Waals surface area contributed by atoms with Gasteiger partial charge in [-0.15, -0.1) is 0 Å². The molecular formula is C30H35F6N3O5. The number of benzene rings is 2. The van der Waals surface area contributed by atoms with Gasteiger partial charge in [-0.25, -0.2) is 4.79 Å². The van der Waals surface area contributed by atoms with E-state index in [0.717, 1.165) is 11.0 Å². The van der Waals surface area contributed by atoms with E-state index in [4.69, 9.17) is 4.74 Å². The Morgan fingerprint density at radius 1 is 1.02 bits per heavy atom. The highest BCUT2D eigenvalue weighted by atomic mass is 19.4. The van der Waals surface area contributed by atoms with E-state index in [1.165, 1.54) is 0 Å². The summed E-state index contributed by atoms with van der Waals surface area (Å²) >= 11 is 0. The van der Waals surface area contributed by atoms with Gasteiger partial charge in [0, 0.05) is 24.2 Å². The van der Waals surface area contributed by atoms with Gasteiger partial charge in [-0.2, -0.15) is 26.3 Å². The van der Waals surface area contributed by atoms with Crippen molar-refractivity contribution < 1.29 is 50.6 Å². The second-order valence-electron chi connectivity index (χ2n) is 10.8. The summed E-state index contributed by atoms with van der Waals surface area (Å²) < 4.78 is 85.8. The summed E-state index contributed by atoms with van der Waals surface area (Å²) in [6.07, 6.45) is -11.7. The second-order valence-corrected chi connectivity index (χ2v) is 10.8. The summed E-state index contributed by atoms with van der Waals surface area (Å²) in [6, 6.07) is 8.08. The number of aryl methyl sites for hydroxylation is 1. The van der Waals surface area contributed by atoms with Crippen LogP contribution in [0.1, 0.15) is 70.1 Å². The number of nitrogens with zero attached hydrogens (tertiary/aromatic N) is 1. The first-order valence-corrected chi connectivity index (χ1v) is 14.1. The normalized spacial score (nSPS) is 17.7. The summed E-state index contributed by atoms with van der Waals surface area (Å²) in [7, 11) is 0. The number of carbonyl (C=O) groups excluding carboxylic acids is 3. The monoisotopic (exact) mass is 631 g/mol. The number of rotatable bonds is 12. The van der Waals surface area contributed by atoms with Gasteiger partial charge >= 0.3 is 18.4 Å². The molecule has 0 spiro atoms. The second kappa shape index (κ2) is 13.0. The first-order chi connectivity index (χ1) is 20.4. The van der Waals surface area contributed by atoms with Gasteiger partial charge in [0.2, 0.25) is 5.91 Å². The Hall–Kier alpha value is -3.81. The summed E-state index contributed by atoms with van der Waals surface area (Å²) in [6.45, 7) is 7.02. The predicted octanol–water partition coefficient (Wildman–Crippen LogP) is 6.31. The standard InChI is InChI=1S/C30H35F6N3O5/c1-5-8-19-17-21(28(43,29(31,32)33)30(34,35)36)12-15-23(19)37-24(40)9-7-16-39-25(41)27(6-2,38-26(39)42)20-10-13-22(14-11-20)44-18(3)4/h10-15,17-18,43H,5-9,16H2,1-4H3,(H,37,40)(H,38,42). The summed E-state index contributed by atoms with van der Waals surface area (Å²) in [5.41, 5.74) is -7.30. The molecule has 1 heterocycles. The van der Waals surface area contributed by atoms with Crippen molar-refractivity contribution in [1.82, 2.24) is 10.2 Å². The largest absolute Gasteiger partial charge is 0.491 e. The zero-order chi connectivity index (χ0) is 33.1. The minimum Gasteiger partial charge on any atom is -0.491 e. The van der Waals surface area contributed by atoms with Crippen molar-refractivity contribution >= 4 is 23.5 Å². The number of imide groups is 1. The van der Waals surface area contributed by atoms with Crippen molar-refractivity contribution in [1.29, 1.82) is 0 Å². The smallest absolute Gasteiger partial charge is 0.430 e. The summed E-state index contributed by atoms with van der Waals surface area (Å²) in [4.78, 5) is 39.9. The van der Waals surface area contributed by atoms with Crippen LogP contribution in [-0.2, 0) is 27.1 Å². The third-order valence-corrected chi connectivity index (χ3v) is 7.35. The lowest BCUT2D eigenvalue weighted by Crippen LogP contribution is -2.54. The molecule has 2 aromatic carbocycles. The molecule has 1 fully saturated rings. The highest BCUT2D eigenvalue weighted by molar-refractivity contribution is 6.07. The van der Waals surface area contributed by atoms with E-state index in [-0.39, 0.29) is 49.6 Å². The first-order valence-electron chi connectivity index (χ1n) is 14.1. The molecule has 14 heteroatoms. The first kappa shape index (κ1) is 34.7. The summed E-state index contributed by atoms with van der Waals surface area (Å²) in [5.74, 6) is -0.528. The molecular weight excluding hydrogens is 596 g/mol. The lowest BCUT2D eigenvalue weighted by molar-refractivity contribution is -0.376. The molecule has 3 rings (SSSR count). The maximum absolute atomic E-state index is 13.4. The van der Waals surface area contributed by atoms with Gasteiger partial charge in [0.15, 0.2) is 0 Å². The van der Waals surface area contributed by atoms with Crippen molar-refractivity contribution in [3.8, 4) is 5.75 Å². The van der Waals surface area contributed by atoms with Crippen molar-refractivity contribution in [2.75, 3.05) is 11.9 Å². The Morgan fingerprint density at radius 2 is 1.64 bits per heavy atom. The van der Waals surface area contributed by atoms with Crippen molar-refractivity contribution in [3.63, 3.8) is 0 Å². The Morgan fingerprint density at radius 3 is 2.16 bits per heavy atom. The molecule has 0 aromatic heterocycles. The molecule has 0 aliphatic carbocycles. The zero-order valence-corrected chi connectivity index (χ0v) is 24.7. The van der Waals surface area contributed by atoms with Gasteiger partial charge in [0.25, 0.3) is 11.5 Å². The zero-order valence-electron chi connectivity index (χ0n) is 24.7. The molecule has 8 nitrogen and oxygen atoms in total. The van der Waals surface area contributed by atoms with Crippen LogP contribution < -0.4 is 15.4 Å². The van der Waals surface area contributed by atoms with Gasteiger partial charge in [-0.1, -0.05) is 44.5 Å². The van der Waals surface area contributed by atoms with Crippen LogP contribution in [0.25, 0.3) is 0 Å². The molecule has 1 saturated heterocycles. The molecule has 3 N–H and O–H groups in total. The lowest BCUT2D eigenvalue weighted by atomic mass is 9.87. The molecule has 0 radical (unpaired) electrons. The van der Waals surface area contributed by atoms with E-state index in [0.29, 0.717) is 29.9 Å². The Balaban J connectivity index is 1.70. The molecule has 0 saturated carbocycles. The number of amides is 4. The molecule has 2 aromatic rings. The van der Waals surface area contributed by atoms with Crippen molar-refractivity contribution in [2.24, 2.45) is 0 Å². The molecule has 4 amide bonds. The van der Waals surface area contributed by atoms with E-state index in [2.05, 4.69) is 10.6 Å². The average Bonchev–Trinajstić information content (AvgIpc) is 3.17. The van der Waals surface area contributed by atoms with Crippen LogP contribution in [0.5, 0.6) is 5.75 Å². The van der Waals surface area contributed by atoms with Crippen LogP contribution in [-0.4, -0.2) is 52.9 Å². The van der Waals surface area contributed by atoms with Crippen LogP contribution >= 0.6 is 0 Å². The average molecular weight is 632 g/mol. The molecule has 1 aliphatic heterocycles. The molecule has 0 bridgehead atoms. The third-order valence-electron chi connectivity index (χ3n) is 7.35. The maximum atomic E-state index is 13.4. The Labute approximate surface area is 250 Å². The highest BCUT2D eigenvalue weighted by Crippen LogP contribution is 2.50. The van der Waals surface area contributed by atoms with Gasteiger partial charge in [-0.05, 0) is 62.4 Å².